The fraction of sp³-hybridized carbons (Fsp3) is 0.357. The molecule has 1 atom stereocenters. The maximum absolute atomic E-state index is 11.6. The number of aromatic amines is 1. The second-order valence-corrected chi connectivity index (χ2v) is 4.92. The Morgan fingerprint density at radius 1 is 1.53 bits per heavy atom. The minimum absolute atomic E-state index is 0.339. The van der Waals surface area contributed by atoms with E-state index in [0.29, 0.717) is 18.1 Å². The SMILES string of the molecule is CCOC(=O)C(N)Cc1c(C)[nH]c2ccc(Cl)cc12. The lowest BCUT2D eigenvalue weighted by atomic mass is 10.0. The van der Waals surface area contributed by atoms with E-state index in [4.69, 9.17) is 22.1 Å². The van der Waals surface area contributed by atoms with Crippen LogP contribution in [-0.4, -0.2) is 23.6 Å². The van der Waals surface area contributed by atoms with Crippen LogP contribution in [0.15, 0.2) is 18.2 Å². The van der Waals surface area contributed by atoms with Gasteiger partial charge in [0.2, 0.25) is 0 Å². The van der Waals surface area contributed by atoms with Crippen molar-refractivity contribution < 1.29 is 9.53 Å². The smallest absolute Gasteiger partial charge is 0.323 e. The predicted octanol–water partition coefficient (Wildman–Crippen LogP) is 2.56. The number of ether oxygens (including phenoxy) is 1. The number of nitrogens with two attached hydrogens (primary N) is 1. The van der Waals surface area contributed by atoms with Crippen molar-refractivity contribution in [3.63, 3.8) is 0 Å². The number of hydrogen-bond donors (Lipinski definition) is 2. The monoisotopic (exact) mass is 280 g/mol. The molecule has 0 aliphatic heterocycles. The lowest BCUT2D eigenvalue weighted by molar-refractivity contribution is -0.144. The molecule has 1 aromatic carbocycles. The highest BCUT2D eigenvalue weighted by Gasteiger charge is 2.19. The molecule has 5 heteroatoms. The summed E-state index contributed by atoms with van der Waals surface area (Å²) in [7, 11) is 0. The standard InChI is InChI=1S/C14H17ClN2O2/c1-3-19-14(18)12(16)7-10-8(2)17-13-5-4-9(15)6-11(10)13/h4-6,12,17H,3,7,16H2,1-2H3. The van der Waals surface area contributed by atoms with Crippen LogP contribution in [0.2, 0.25) is 5.02 Å². The first-order valence-corrected chi connectivity index (χ1v) is 6.59. The zero-order valence-electron chi connectivity index (χ0n) is 11.0. The lowest BCUT2D eigenvalue weighted by Crippen LogP contribution is -2.34. The van der Waals surface area contributed by atoms with Gasteiger partial charge in [-0.05, 0) is 37.6 Å². The Balaban J connectivity index is 2.31. The van der Waals surface area contributed by atoms with E-state index < -0.39 is 6.04 Å². The van der Waals surface area contributed by atoms with Gasteiger partial charge in [0, 0.05) is 28.0 Å². The second kappa shape index (κ2) is 5.63. The van der Waals surface area contributed by atoms with Crippen LogP contribution in [0.5, 0.6) is 0 Å². The Kier molecular flexibility index (Phi) is 4.12. The van der Waals surface area contributed by atoms with E-state index in [1.165, 1.54) is 0 Å². The van der Waals surface area contributed by atoms with E-state index in [9.17, 15) is 4.79 Å². The Labute approximate surface area is 116 Å². The number of rotatable bonds is 4. The van der Waals surface area contributed by atoms with Crippen LogP contribution in [0, 0.1) is 6.92 Å². The number of carbonyl (C=O) groups excluding carboxylic acids is 1. The number of aryl methyl sites for hydroxylation is 1. The molecular formula is C14H17ClN2O2. The fourth-order valence-corrected chi connectivity index (χ4v) is 2.34. The van der Waals surface area contributed by atoms with Crippen molar-refractivity contribution in [1.29, 1.82) is 0 Å². The molecule has 0 spiro atoms. The van der Waals surface area contributed by atoms with Crippen LogP contribution in [-0.2, 0) is 16.0 Å². The molecular weight excluding hydrogens is 264 g/mol. The van der Waals surface area contributed by atoms with Gasteiger partial charge in [0.1, 0.15) is 6.04 Å². The van der Waals surface area contributed by atoms with Crippen LogP contribution in [0.3, 0.4) is 0 Å². The van der Waals surface area contributed by atoms with Crippen LogP contribution >= 0.6 is 11.6 Å². The third-order valence-corrected chi connectivity index (χ3v) is 3.33. The number of H-pyrrole nitrogens is 1. The maximum atomic E-state index is 11.6. The highest BCUT2D eigenvalue weighted by atomic mass is 35.5. The second-order valence-electron chi connectivity index (χ2n) is 4.48. The van der Waals surface area contributed by atoms with Gasteiger partial charge in [-0.25, -0.2) is 0 Å². The number of esters is 1. The predicted molar refractivity (Wildman–Crippen MR) is 76.4 cm³/mol. The van der Waals surface area contributed by atoms with Crippen LogP contribution in [0.1, 0.15) is 18.2 Å². The summed E-state index contributed by atoms with van der Waals surface area (Å²) >= 11 is 6.01. The van der Waals surface area contributed by atoms with E-state index in [-0.39, 0.29) is 5.97 Å². The zero-order valence-corrected chi connectivity index (χ0v) is 11.8. The van der Waals surface area contributed by atoms with Gasteiger partial charge in [-0.2, -0.15) is 0 Å². The van der Waals surface area contributed by atoms with Crippen LogP contribution < -0.4 is 5.73 Å². The molecule has 0 aliphatic rings. The quantitative estimate of drug-likeness (QED) is 0.846. The van der Waals surface area contributed by atoms with Crippen molar-refractivity contribution in [3.8, 4) is 0 Å². The molecule has 2 aromatic rings. The molecule has 1 unspecified atom stereocenters. The summed E-state index contributed by atoms with van der Waals surface area (Å²) in [5.74, 6) is -0.377. The molecule has 3 N–H and O–H groups in total. The third kappa shape index (κ3) is 2.91. The van der Waals surface area contributed by atoms with Gasteiger partial charge in [-0.1, -0.05) is 11.6 Å². The van der Waals surface area contributed by atoms with Crippen LogP contribution in [0.25, 0.3) is 10.9 Å². The molecule has 0 fully saturated rings. The molecule has 1 aromatic heterocycles. The molecule has 0 saturated heterocycles. The summed E-state index contributed by atoms with van der Waals surface area (Å²) in [5, 5.41) is 1.67. The van der Waals surface area contributed by atoms with E-state index >= 15 is 0 Å². The summed E-state index contributed by atoms with van der Waals surface area (Å²) in [4.78, 5) is 14.9. The van der Waals surface area contributed by atoms with Gasteiger partial charge in [-0.15, -0.1) is 0 Å². The van der Waals surface area contributed by atoms with E-state index in [1.807, 2.05) is 25.1 Å². The highest BCUT2D eigenvalue weighted by molar-refractivity contribution is 6.31. The van der Waals surface area contributed by atoms with Crippen molar-refractivity contribution in [1.82, 2.24) is 4.98 Å². The van der Waals surface area contributed by atoms with Gasteiger partial charge < -0.3 is 15.5 Å². The molecule has 2 rings (SSSR count). The Morgan fingerprint density at radius 2 is 2.26 bits per heavy atom. The minimum atomic E-state index is -0.656. The summed E-state index contributed by atoms with van der Waals surface area (Å²) in [6, 6.07) is 4.98. The minimum Gasteiger partial charge on any atom is -0.465 e. The largest absolute Gasteiger partial charge is 0.465 e. The van der Waals surface area contributed by atoms with Crippen LogP contribution in [0.4, 0.5) is 0 Å². The van der Waals surface area contributed by atoms with Gasteiger partial charge in [0.05, 0.1) is 6.61 Å². The van der Waals surface area contributed by atoms with Crippen molar-refractivity contribution in [2.75, 3.05) is 6.61 Å². The number of fused-ring (bicyclic) bond motifs is 1. The number of halogens is 1. The highest BCUT2D eigenvalue weighted by Crippen LogP contribution is 2.26. The molecule has 0 bridgehead atoms. The van der Waals surface area contributed by atoms with Crippen molar-refractivity contribution in [2.45, 2.75) is 26.3 Å². The number of carbonyl (C=O) groups is 1. The lowest BCUT2D eigenvalue weighted by Gasteiger charge is -2.10. The number of hydrogen-bond acceptors (Lipinski definition) is 3. The van der Waals surface area contributed by atoms with Crippen molar-refractivity contribution in [3.05, 3.63) is 34.5 Å². The summed E-state index contributed by atoms with van der Waals surface area (Å²) in [6.07, 6.45) is 0.436. The molecule has 0 saturated carbocycles. The molecule has 0 aliphatic carbocycles. The van der Waals surface area contributed by atoms with Crippen molar-refractivity contribution >= 4 is 28.5 Å². The maximum Gasteiger partial charge on any atom is 0.323 e. The van der Waals surface area contributed by atoms with E-state index in [0.717, 1.165) is 22.2 Å². The first-order valence-electron chi connectivity index (χ1n) is 6.21. The van der Waals surface area contributed by atoms with E-state index in [1.54, 1.807) is 6.92 Å². The molecule has 102 valence electrons. The average Bonchev–Trinajstić information content (AvgIpc) is 2.66. The molecule has 4 nitrogen and oxygen atoms in total. The zero-order chi connectivity index (χ0) is 14.0. The topological polar surface area (TPSA) is 68.1 Å². The summed E-state index contributed by atoms with van der Waals surface area (Å²) < 4.78 is 4.93. The van der Waals surface area contributed by atoms with Crippen molar-refractivity contribution in [2.24, 2.45) is 5.73 Å². The molecule has 0 radical (unpaired) electrons. The Morgan fingerprint density at radius 3 is 2.95 bits per heavy atom. The summed E-state index contributed by atoms with van der Waals surface area (Å²) in [6.45, 7) is 4.06. The number of nitrogens with one attached hydrogen (secondary N) is 1. The average molecular weight is 281 g/mol. The fourth-order valence-electron chi connectivity index (χ4n) is 2.17. The molecule has 0 amide bonds. The van der Waals surface area contributed by atoms with Gasteiger partial charge >= 0.3 is 5.97 Å². The third-order valence-electron chi connectivity index (χ3n) is 3.09. The first kappa shape index (κ1) is 13.9. The number of benzene rings is 1. The Hall–Kier alpha value is -1.52. The Bertz CT molecular complexity index is 607. The van der Waals surface area contributed by atoms with Gasteiger partial charge in [0.15, 0.2) is 0 Å². The van der Waals surface area contributed by atoms with Gasteiger partial charge in [0.25, 0.3) is 0 Å². The first-order chi connectivity index (χ1) is 9.02. The summed E-state index contributed by atoms with van der Waals surface area (Å²) in [5.41, 5.74) is 8.87. The van der Waals surface area contributed by atoms with E-state index in [2.05, 4.69) is 4.98 Å². The van der Waals surface area contributed by atoms with Gasteiger partial charge in [-0.3, -0.25) is 4.79 Å². The molecule has 19 heavy (non-hydrogen) atoms. The number of aromatic nitrogens is 1. The molecule has 1 heterocycles. The normalized spacial score (nSPS) is 12.6.